The fourth-order valence-electron chi connectivity index (χ4n) is 2.52. The summed E-state index contributed by atoms with van der Waals surface area (Å²) in [6.07, 6.45) is 4.78. The summed E-state index contributed by atoms with van der Waals surface area (Å²) in [6.45, 7) is 2.75. The molecule has 1 aliphatic rings. The molecule has 1 saturated carbocycles. The summed E-state index contributed by atoms with van der Waals surface area (Å²) >= 11 is 6.09. The summed E-state index contributed by atoms with van der Waals surface area (Å²) in [7, 11) is 0. The van der Waals surface area contributed by atoms with E-state index in [1.54, 1.807) is 10.9 Å². The number of nitrogens with two attached hydrogens (primary N) is 1. The summed E-state index contributed by atoms with van der Waals surface area (Å²) in [4.78, 5) is 0. The minimum Gasteiger partial charge on any atom is -0.328 e. The molecule has 1 heterocycles. The molecular weight excluding hydrogens is 241 g/mol. The monoisotopic (exact) mass is 259 g/mol. The van der Waals surface area contributed by atoms with Gasteiger partial charge < -0.3 is 5.73 Å². The van der Waals surface area contributed by atoms with E-state index in [2.05, 4.69) is 5.10 Å². The van der Waals surface area contributed by atoms with Gasteiger partial charge in [0.05, 0.1) is 16.9 Å². The van der Waals surface area contributed by atoms with Crippen LogP contribution in [0.15, 0.2) is 6.20 Å². The first-order valence-electron chi connectivity index (χ1n) is 6.23. The standard InChI is InChI=1S/C12H19ClFN3/c1-2-7-17-11(10(13)8-16-17)12(14)5-3-9(15)4-6-12/h8-9H,2-7,15H2,1H3. The zero-order valence-electron chi connectivity index (χ0n) is 10.1. The number of rotatable bonds is 3. The molecule has 1 aromatic heterocycles. The van der Waals surface area contributed by atoms with Crippen molar-refractivity contribution < 1.29 is 4.39 Å². The van der Waals surface area contributed by atoms with Crippen LogP contribution in [0.3, 0.4) is 0 Å². The Hall–Kier alpha value is -0.610. The Morgan fingerprint density at radius 2 is 2.24 bits per heavy atom. The molecule has 0 aromatic carbocycles. The minimum atomic E-state index is -1.35. The highest BCUT2D eigenvalue weighted by atomic mass is 35.5. The van der Waals surface area contributed by atoms with Gasteiger partial charge in [0.2, 0.25) is 0 Å². The molecule has 0 saturated heterocycles. The molecule has 1 aliphatic carbocycles. The predicted octanol–water partition coefficient (Wildman–Crippen LogP) is 3.01. The van der Waals surface area contributed by atoms with Crippen molar-refractivity contribution in [3.8, 4) is 0 Å². The summed E-state index contributed by atoms with van der Waals surface area (Å²) < 4.78 is 16.7. The molecule has 2 N–H and O–H groups in total. The van der Waals surface area contributed by atoms with E-state index in [0.717, 1.165) is 6.42 Å². The third-order valence-electron chi connectivity index (χ3n) is 3.48. The molecule has 0 radical (unpaired) electrons. The second-order valence-corrected chi connectivity index (χ2v) is 5.27. The number of nitrogens with zero attached hydrogens (tertiary/aromatic N) is 2. The molecule has 0 unspecified atom stereocenters. The molecule has 0 bridgehead atoms. The van der Waals surface area contributed by atoms with Gasteiger partial charge in [-0.25, -0.2) is 4.39 Å². The summed E-state index contributed by atoms with van der Waals surface area (Å²) in [5, 5.41) is 4.60. The van der Waals surface area contributed by atoms with Crippen molar-refractivity contribution in [2.24, 2.45) is 5.73 Å². The predicted molar refractivity (Wildman–Crippen MR) is 66.8 cm³/mol. The van der Waals surface area contributed by atoms with Crippen molar-refractivity contribution >= 4 is 11.6 Å². The molecule has 5 heteroatoms. The SMILES string of the molecule is CCCn1ncc(Cl)c1C1(F)CCC(N)CC1. The zero-order valence-corrected chi connectivity index (χ0v) is 10.9. The molecule has 17 heavy (non-hydrogen) atoms. The van der Waals surface area contributed by atoms with E-state index in [1.165, 1.54) is 0 Å². The molecule has 0 amide bonds. The van der Waals surface area contributed by atoms with Gasteiger partial charge in [-0.05, 0) is 32.1 Å². The molecule has 1 fully saturated rings. The Morgan fingerprint density at radius 3 is 2.82 bits per heavy atom. The van der Waals surface area contributed by atoms with E-state index >= 15 is 0 Å². The molecule has 0 atom stereocenters. The summed E-state index contributed by atoms with van der Waals surface area (Å²) in [5.74, 6) is 0. The second kappa shape index (κ2) is 4.94. The van der Waals surface area contributed by atoms with E-state index in [9.17, 15) is 4.39 Å². The lowest BCUT2D eigenvalue weighted by molar-refractivity contribution is 0.0869. The minimum absolute atomic E-state index is 0.125. The van der Waals surface area contributed by atoms with Gasteiger partial charge in [0.15, 0.2) is 5.67 Å². The van der Waals surface area contributed by atoms with Crippen molar-refractivity contribution in [2.75, 3.05) is 0 Å². The molecule has 1 aromatic rings. The van der Waals surface area contributed by atoms with Crippen LogP contribution in [-0.2, 0) is 12.2 Å². The van der Waals surface area contributed by atoms with E-state index in [4.69, 9.17) is 17.3 Å². The third kappa shape index (κ3) is 2.47. The van der Waals surface area contributed by atoms with Crippen molar-refractivity contribution in [3.05, 3.63) is 16.9 Å². The first-order chi connectivity index (χ1) is 8.07. The smallest absolute Gasteiger partial charge is 0.154 e. The van der Waals surface area contributed by atoms with E-state index in [0.29, 0.717) is 42.9 Å². The third-order valence-corrected chi connectivity index (χ3v) is 3.75. The Labute approximate surface area is 106 Å². The molecule has 0 aliphatic heterocycles. The van der Waals surface area contributed by atoms with Gasteiger partial charge in [0.1, 0.15) is 0 Å². The van der Waals surface area contributed by atoms with E-state index < -0.39 is 5.67 Å². The number of aryl methyl sites for hydroxylation is 1. The largest absolute Gasteiger partial charge is 0.328 e. The summed E-state index contributed by atoms with van der Waals surface area (Å²) in [6, 6.07) is 0.125. The Bertz CT molecular complexity index is 383. The summed E-state index contributed by atoms with van der Waals surface area (Å²) in [5.41, 5.74) is 5.02. The number of halogens is 2. The zero-order chi connectivity index (χ0) is 12.5. The van der Waals surface area contributed by atoms with Crippen LogP contribution in [0.2, 0.25) is 5.02 Å². The maximum Gasteiger partial charge on any atom is 0.154 e. The van der Waals surface area contributed by atoms with Crippen molar-refractivity contribution in [2.45, 2.75) is 57.3 Å². The quantitative estimate of drug-likeness (QED) is 0.907. The van der Waals surface area contributed by atoms with Crippen LogP contribution in [0.4, 0.5) is 4.39 Å². The molecule has 2 rings (SSSR count). The maximum atomic E-state index is 15.0. The number of aromatic nitrogens is 2. The first-order valence-corrected chi connectivity index (χ1v) is 6.61. The Kier molecular flexibility index (Phi) is 3.73. The normalized spacial score (nSPS) is 29.5. The van der Waals surface area contributed by atoms with Crippen molar-refractivity contribution in [1.82, 2.24) is 9.78 Å². The van der Waals surface area contributed by atoms with Crippen LogP contribution >= 0.6 is 11.6 Å². The molecular formula is C12H19ClFN3. The first kappa shape index (κ1) is 12.8. The van der Waals surface area contributed by atoms with Crippen molar-refractivity contribution in [3.63, 3.8) is 0 Å². The van der Waals surface area contributed by atoms with E-state index in [1.807, 2.05) is 6.92 Å². The number of hydrogen-bond acceptors (Lipinski definition) is 2. The van der Waals surface area contributed by atoms with Crippen LogP contribution in [0, 0.1) is 0 Å². The lowest BCUT2D eigenvalue weighted by Crippen LogP contribution is -2.35. The highest BCUT2D eigenvalue weighted by Crippen LogP contribution is 2.43. The van der Waals surface area contributed by atoms with Gasteiger partial charge >= 0.3 is 0 Å². The van der Waals surface area contributed by atoms with Gasteiger partial charge in [-0.3, -0.25) is 4.68 Å². The molecule has 0 spiro atoms. The Balaban J connectivity index is 2.28. The lowest BCUT2D eigenvalue weighted by atomic mass is 9.81. The van der Waals surface area contributed by atoms with Crippen LogP contribution in [0.1, 0.15) is 44.7 Å². The van der Waals surface area contributed by atoms with Crippen LogP contribution in [0.5, 0.6) is 0 Å². The van der Waals surface area contributed by atoms with Gasteiger partial charge in [-0.15, -0.1) is 0 Å². The number of hydrogen-bond donors (Lipinski definition) is 1. The second-order valence-electron chi connectivity index (χ2n) is 4.87. The Morgan fingerprint density at radius 1 is 1.59 bits per heavy atom. The molecule has 96 valence electrons. The fraction of sp³-hybridized carbons (Fsp3) is 0.750. The number of alkyl halides is 1. The van der Waals surface area contributed by atoms with Gasteiger partial charge in [-0.1, -0.05) is 18.5 Å². The highest BCUT2D eigenvalue weighted by Gasteiger charge is 2.40. The highest BCUT2D eigenvalue weighted by molar-refractivity contribution is 6.31. The van der Waals surface area contributed by atoms with Crippen LogP contribution < -0.4 is 5.73 Å². The average molecular weight is 260 g/mol. The van der Waals surface area contributed by atoms with Gasteiger partial charge in [0.25, 0.3) is 0 Å². The van der Waals surface area contributed by atoms with Crippen LogP contribution in [0.25, 0.3) is 0 Å². The lowest BCUT2D eigenvalue weighted by Gasteiger charge is -2.33. The van der Waals surface area contributed by atoms with Crippen molar-refractivity contribution in [1.29, 1.82) is 0 Å². The maximum absolute atomic E-state index is 15.0. The molecule has 3 nitrogen and oxygen atoms in total. The average Bonchev–Trinajstić information content (AvgIpc) is 2.66. The van der Waals surface area contributed by atoms with Gasteiger partial charge in [0, 0.05) is 12.6 Å². The van der Waals surface area contributed by atoms with Gasteiger partial charge in [-0.2, -0.15) is 5.10 Å². The van der Waals surface area contributed by atoms with E-state index in [-0.39, 0.29) is 6.04 Å². The fourth-order valence-corrected chi connectivity index (χ4v) is 2.83. The van der Waals surface area contributed by atoms with Crippen LogP contribution in [-0.4, -0.2) is 15.8 Å². The topological polar surface area (TPSA) is 43.8 Å².